The zero-order valence-corrected chi connectivity index (χ0v) is 7.60. The highest BCUT2D eigenvalue weighted by Crippen LogP contribution is 1.93. The van der Waals surface area contributed by atoms with Gasteiger partial charge in [0.05, 0.1) is 12.7 Å². The summed E-state index contributed by atoms with van der Waals surface area (Å²) < 4.78 is 5.44. The Bertz CT molecular complexity index is 93.6. The average Bonchev–Trinajstić information content (AvgIpc) is 2.04. The molecular formula is C9H19NO. The Kier molecular flexibility index (Phi) is 7.52. The van der Waals surface area contributed by atoms with Crippen molar-refractivity contribution in [2.75, 3.05) is 19.7 Å². The molecule has 0 aliphatic rings. The first-order valence-corrected chi connectivity index (χ1v) is 4.24. The molecule has 0 aromatic carbocycles. The molecule has 1 unspecified atom stereocenters. The lowest BCUT2D eigenvalue weighted by molar-refractivity contribution is 0.0661. The quantitative estimate of drug-likeness (QED) is 0.447. The minimum absolute atomic E-state index is 0.389. The van der Waals surface area contributed by atoms with Crippen molar-refractivity contribution >= 4 is 0 Å². The van der Waals surface area contributed by atoms with Crippen LogP contribution < -0.4 is 5.32 Å². The molecular weight excluding hydrogens is 138 g/mol. The lowest BCUT2D eigenvalue weighted by atomic mass is 10.3. The monoisotopic (exact) mass is 157 g/mol. The highest BCUT2D eigenvalue weighted by atomic mass is 16.5. The molecule has 0 rings (SSSR count). The van der Waals surface area contributed by atoms with Gasteiger partial charge in [-0.2, -0.15) is 0 Å². The zero-order chi connectivity index (χ0) is 8.53. The fourth-order valence-electron chi connectivity index (χ4n) is 0.654. The third-order valence-corrected chi connectivity index (χ3v) is 1.54. The standard InChI is InChI=1S/C9H19NO/c1-4-6-10-7-8-11-9(3)5-2/h4,9-10H,1,5-8H2,2-3H3. The van der Waals surface area contributed by atoms with Crippen molar-refractivity contribution < 1.29 is 4.74 Å². The fourth-order valence-corrected chi connectivity index (χ4v) is 0.654. The Morgan fingerprint density at radius 1 is 1.64 bits per heavy atom. The van der Waals surface area contributed by atoms with E-state index >= 15 is 0 Å². The van der Waals surface area contributed by atoms with Crippen LogP contribution in [0.3, 0.4) is 0 Å². The molecule has 0 saturated heterocycles. The Morgan fingerprint density at radius 2 is 2.36 bits per heavy atom. The second kappa shape index (κ2) is 7.76. The van der Waals surface area contributed by atoms with Crippen molar-refractivity contribution in [3.63, 3.8) is 0 Å². The highest BCUT2D eigenvalue weighted by molar-refractivity contribution is 4.69. The van der Waals surface area contributed by atoms with Gasteiger partial charge in [0.2, 0.25) is 0 Å². The number of hydrogen-bond donors (Lipinski definition) is 1. The van der Waals surface area contributed by atoms with E-state index < -0.39 is 0 Å². The molecule has 2 nitrogen and oxygen atoms in total. The van der Waals surface area contributed by atoms with E-state index in [9.17, 15) is 0 Å². The minimum Gasteiger partial charge on any atom is -0.377 e. The van der Waals surface area contributed by atoms with Gasteiger partial charge in [-0.25, -0.2) is 0 Å². The van der Waals surface area contributed by atoms with Gasteiger partial charge < -0.3 is 10.1 Å². The lowest BCUT2D eigenvalue weighted by Crippen LogP contribution is -2.21. The van der Waals surface area contributed by atoms with E-state index in [1.54, 1.807) is 0 Å². The molecule has 0 radical (unpaired) electrons. The average molecular weight is 157 g/mol. The molecule has 11 heavy (non-hydrogen) atoms. The first kappa shape index (κ1) is 10.7. The summed E-state index contributed by atoms with van der Waals surface area (Å²) in [6, 6.07) is 0. The summed E-state index contributed by atoms with van der Waals surface area (Å²) in [4.78, 5) is 0. The van der Waals surface area contributed by atoms with Gasteiger partial charge in [0.15, 0.2) is 0 Å². The second-order valence-electron chi connectivity index (χ2n) is 2.58. The normalized spacial score (nSPS) is 12.9. The Hall–Kier alpha value is -0.340. The van der Waals surface area contributed by atoms with E-state index in [1.807, 2.05) is 6.08 Å². The summed E-state index contributed by atoms with van der Waals surface area (Å²) in [7, 11) is 0. The molecule has 0 amide bonds. The van der Waals surface area contributed by atoms with Crippen molar-refractivity contribution in [2.45, 2.75) is 26.4 Å². The summed E-state index contributed by atoms with van der Waals surface area (Å²) in [5.41, 5.74) is 0. The fraction of sp³-hybridized carbons (Fsp3) is 0.778. The molecule has 0 aliphatic heterocycles. The van der Waals surface area contributed by atoms with Crippen LogP contribution in [0, 0.1) is 0 Å². The molecule has 0 aromatic rings. The van der Waals surface area contributed by atoms with Crippen LogP contribution >= 0.6 is 0 Å². The van der Waals surface area contributed by atoms with Gasteiger partial charge in [-0.3, -0.25) is 0 Å². The highest BCUT2D eigenvalue weighted by Gasteiger charge is 1.95. The van der Waals surface area contributed by atoms with E-state index in [1.165, 1.54) is 0 Å². The number of hydrogen-bond acceptors (Lipinski definition) is 2. The molecule has 0 fully saturated rings. The molecule has 0 heterocycles. The van der Waals surface area contributed by atoms with Gasteiger partial charge >= 0.3 is 0 Å². The molecule has 0 saturated carbocycles. The van der Waals surface area contributed by atoms with Crippen LogP contribution in [0.2, 0.25) is 0 Å². The van der Waals surface area contributed by atoms with Crippen LogP contribution in [0.5, 0.6) is 0 Å². The van der Waals surface area contributed by atoms with E-state index in [-0.39, 0.29) is 0 Å². The van der Waals surface area contributed by atoms with Gasteiger partial charge in [-0.15, -0.1) is 6.58 Å². The Balaban J connectivity index is 2.95. The van der Waals surface area contributed by atoms with Crippen molar-refractivity contribution in [2.24, 2.45) is 0 Å². The molecule has 66 valence electrons. The molecule has 2 heteroatoms. The van der Waals surface area contributed by atoms with Crippen molar-refractivity contribution in [1.82, 2.24) is 5.32 Å². The van der Waals surface area contributed by atoms with Gasteiger partial charge in [-0.1, -0.05) is 13.0 Å². The van der Waals surface area contributed by atoms with Crippen molar-refractivity contribution in [3.8, 4) is 0 Å². The topological polar surface area (TPSA) is 21.3 Å². The van der Waals surface area contributed by atoms with Crippen LogP contribution in [0.1, 0.15) is 20.3 Å². The van der Waals surface area contributed by atoms with E-state index in [0.717, 1.165) is 26.1 Å². The Morgan fingerprint density at radius 3 is 2.91 bits per heavy atom. The molecule has 1 atom stereocenters. The predicted octanol–water partition coefficient (Wildman–Crippen LogP) is 1.58. The van der Waals surface area contributed by atoms with E-state index in [2.05, 4.69) is 25.7 Å². The van der Waals surface area contributed by atoms with Gasteiger partial charge in [-0.05, 0) is 13.3 Å². The smallest absolute Gasteiger partial charge is 0.0594 e. The summed E-state index contributed by atoms with van der Waals surface area (Å²) >= 11 is 0. The molecule has 1 N–H and O–H groups in total. The third-order valence-electron chi connectivity index (χ3n) is 1.54. The molecule has 0 spiro atoms. The van der Waals surface area contributed by atoms with Crippen LogP contribution in [-0.4, -0.2) is 25.8 Å². The van der Waals surface area contributed by atoms with E-state index in [4.69, 9.17) is 4.74 Å². The van der Waals surface area contributed by atoms with Crippen LogP contribution in [0.15, 0.2) is 12.7 Å². The second-order valence-corrected chi connectivity index (χ2v) is 2.58. The predicted molar refractivity (Wildman–Crippen MR) is 48.8 cm³/mol. The number of rotatable bonds is 7. The van der Waals surface area contributed by atoms with Crippen molar-refractivity contribution in [1.29, 1.82) is 0 Å². The summed E-state index contributed by atoms with van der Waals surface area (Å²) in [5, 5.41) is 3.17. The first-order chi connectivity index (χ1) is 5.31. The van der Waals surface area contributed by atoms with Crippen LogP contribution in [0.25, 0.3) is 0 Å². The van der Waals surface area contributed by atoms with E-state index in [0.29, 0.717) is 6.10 Å². The minimum atomic E-state index is 0.389. The first-order valence-electron chi connectivity index (χ1n) is 4.24. The molecule has 0 aliphatic carbocycles. The van der Waals surface area contributed by atoms with Gasteiger partial charge in [0.25, 0.3) is 0 Å². The van der Waals surface area contributed by atoms with Gasteiger partial charge in [0.1, 0.15) is 0 Å². The number of ether oxygens (including phenoxy) is 1. The maximum Gasteiger partial charge on any atom is 0.0594 e. The largest absolute Gasteiger partial charge is 0.377 e. The third kappa shape index (κ3) is 7.56. The summed E-state index contributed by atoms with van der Waals surface area (Å²) in [6.45, 7) is 10.4. The molecule has 0 aromatic heterocycles. The number of nitrogens with one attached hydrogen (secondary N) is 1. The van der Waals surface area contributed by atoms with Crippen LogP contribution in [0.4, 0.5) is 0 Å². The molecule has 0 bridgehead atoms. The van der Waals surface area contributed by atoms with Crippen LogP contribution in [-0.2, 0) is 4.74 Å². The van der Waals surface area contributed by atoms with Gasteiger partial charge in [0, 0.05) is 13.1 Å². The van der Waals surface area contributed by atoms with Crippen molar-refractivity contribution in [3.05, 3.63) is 12.7 Å². The summed E-state index contributed by atoms with van der Waals surface area (Å²) in [6.07, 6.45) is 3.32. The maximum atomic E-state index is 5.44. The lowest BCUT2D eigenvalue weighted by Gasteiger charge is -2.09. The maximum absolute atomic E-state index is 5.44. The SMILES string of the molecule is C=CCNCCOC(C)CC. The Labute approximate surface area is 69.6 Å². The zero-order valence-electron chi connectivity index (χ0n) is 7.60. The summed E-state index contributed by atoms with van der Waals surface area (Å²) in [5.74, 6) is 0.